The van der Waals surface area contributed by atoms with Gasteiger partial charge in [0.2, 0.25) is 5.78 Å². The van der Waals surface area contributed by atoms with Crippen LogP contribution in [0.25, 0.3) is 6.08 Å². The fraction of sp³-hybridized carbons (Fsp3) is 0.0769. The zero-order valence-electron chi connectivity index (χ0n) is 17.0. The summed E-state index contributed by atoms with van der Waals surface area (Å²) < 4.78 is 30.1. The molecule has 5 rings (SSSR count). The maximum Gasteiger partial charge on any atom is 0.343 e. The lowest BCUT2D eigenvalue weighted by Gasteiger charge is -2.22. The average molecular weight is 428 g/mol. The molecule has 0 aliphatic carbocycles. The monoisotopic (exact) mass is 428 g/mol. The van der Waals surface area contributed by atoms with Crippen molar-refractivity contribution in [1.29, 1.82) is 0 Å². The van der Waals surface area contributed by atoms with Crippen molar-refractivity contribution >= 4 is 17.8 Å². The van der Waals surface area contributed by atoms with Gasteiger partial charge in [0.25, 0.3) is 0 Å². The molecule has 2 heterocycles. The SMILES string of the molecule is C[C@@H]1Oc2ccccc2C=C1/C=C1\Oc2cc(OC(=O)c3ccc(F)cc3)ccc2C1=O. The minimum atomic E-state index is -0.637. The maximum atomic E-state index is 13.0. The Labute approximate surface area is 183 Å². The summed E-state index contributed by atoms with van der Waals surface area (Å²) in [7, 11) is 0. The molecule has 3 aromatic rings. The molecule has 6 heteroatoms. The van der Waals surface area contributed by atoms with E-state index in [4.69, 9.17) is 14.2 Å². The van der Waals surface area contributed by atoms with Gasteiger partial charge in [-0.15, -0.1) is 0 Å². The number of ketones is 1. The topological polar surface area (TPSA) is 61.8 Å². The summed E-state index contributed by atoms with van der Waals surface area (Å²) in [6.45, 7) is 1.90. The van der Waals surface area contributed by atoms with E-state index >= 15 is 0 Å². The highest BCUT2D eigenvalue weighted by Gasteiger charge is 2.29. The second-order valence-corrected chi connectivity index (χ2v) is 7.44. The van der Waals surface area contributed by atoms with Gasteiger partial charge < -0.3 is 14.2 Å². The molecule has 32 heavy (non-hydrogen) atoms. The van der Waals surface area contributed by atoms with Crippen molar-refractivity contribution in [3.8, 4) is 17.2 Å². The Morgan fingerprint density at radius 3 is 2.62 bits per heavy atom. The number of benzene rings is 3. The van der Waals surface area contributed by atoms with Crippen LogP contribution in [0.2, 0.25) is 0 Å². The molecular formula is C26H17FO5. The van der Waals surface area contributed by atoms with Crippen LogP contribution < -0.4 is 14.2 Å². The zero-order valence-corrected chi connectivity index (χ0v) is 17.0. The Morgan fingerprint density at radius 1 is 1.03 bits per heavy atom. The number of fused-ring (bicyclic) bond motifs is 2. The Bertz CT molecular complexity index is 1300. The van der Waals surface area contributed by atoms with E-state index in [0.717, 1.165) is 16.9 Å². The van der Waals surface area contributed by atoms with Gasteiger partial charge in [-0.25, -0.2) is 9.18 Å². The van der Waals surface area contributed by atoms with E-state index < -0.39 is 11.8 Å². The standard InChI is InChI=1S/C26H17FO5/c1-15-18(12-17-4-2-3-5-22(17)30-15)13-24-25(28)21-11-10-20(14-23(21)32-24)31-26(29)16-6-8-19(27)9-7-16/h2-15H,1H3/b24-13-/t15-/m0/s1. The van der Waals surface area contributed by atoms with Gasteiger partial charge in [-0.3, -0.25) is 4.79 Å². The van der Waals surface area contributed by atoms with Crippen molar-refractivity contribution in [1.82, 2.24) is 0 Å². The number of carbonyl (C=O) groups excluding carboxylic acids is 2. The van der Waals surface area contributed by atoms with Crippen LogP contribution in [-0.2, 0) is 0 Å². The molecule has 2 aliphatic rings. The lowest BCUT2D eigenvalue weighted by molar-refractivity contribution is 0.0734. The van der Waals surface area contributed by atoms with Gasteiger partial charge >= 0.3 is 5.97 Å². The zero-order chi connectivity index (χ0) is 22.2. The first kappa shape index (κ1) is 19.8. The summed E-state index contributed by atoms with van der Waals surface area (Å²) in [6, 6.07) is 17.3. The molecule has 0 saturated heterocycles. The fourth-order valence-electron chi connectivity index (χ4n) is 3.56. The number of allylic oxidation sites excluding steroid dienone is 1. The first-order valence-electron chi connectivity index (χ1n) is 10.0. The van der Waals surface area contributed by atoms with Crippen LogP contribution in [-0.4, -0.2) is 17.9 Å². The van der Waals surface area contributed by atoms with E-state index in [1.54, 1.807) is 12.1 Å². The van der Waals surface area contributed by atoms with Crippen molar-refractivity contribution in [2.24, 2.45) is 0 Å². The lowest BCUT2D eigenvalue weighted by atomic mass is 10.0. The number of para-hydroxylation sites is 1. The quantitative estimate of drug-likeness (QED) is 0.319. The van der Waals surface area contributed by atoms with Gasteiger partial charge in [-0.2, -0.15) is 0 Å². The highest BCUT2D eigenvalue weighted by Crippen LogP contribution is 2.36. The number of rotatable bonds is 3. The average Bonchev–Trinajstić information content (AvgIpc) is 3.09. The fourth-order valence-corrected chi connectivity index (χ4v) is 3.56. The van der Waals surface area contributed by atoms with Crippen LogP contribution in [0.15, 0.2) is 84.1 Å². The van der Waals surface area contributed by atoms with Crippen molar-refractivity contribution < 1.29 is 28.2 Å². The molecule has 0 radical (unpaired) electrons. The van der Waals surface area contributed by atoms with Crippen molar-refractivity contribution in [3.05, 3.63) is 107 Å². The molecule has 0 bridgehead atoms. The molecule has 5 nitrogen and oxygen atoms in total. The molecule has 0 unspecified atom stereocenters. The molecule has 1 atom stereocenters. The Balaban J connectivity index is 1.38. The molecule has 3 aromatic carbocycles. The molecular weight excluding hydrogens is 411 g/mol. The molecule has 0 aromatic heterocycles. The number of hydrogen-bond donors (Lipinski definition) is 0. The van der Waals surface area contributed by atoms with E-state index in [1.807, 2.05) is 37.3 Å². The molecule has 0 fully saturated rings. The molecule has 2 aliphatic heterocycles. The number of esters is 1. The van der Waals surface area contributed by atoms with Gasteiger partial charge in [0.1, 0.15) is 29.2 Å². The second kappa shape index (κ2) is 7.81. The summed E-state index contributed by atoms with van der Waals surface area (Å²) in [5.41, 5.74) is 2.32. The molecule has 0 N–H and O–H groups in total. The first-order valence-corrected chi connectivity index (χ1v) is 10.0. The maximum absolute atomic E-state index is 13.0. The Hall–Kier alpha value is -4.19. The molecule has 158 valence electrons. The number of hydrogen-bond acceptors (Lipinski definition) is 5. The highest BCUT2D eigenvalue weighted by molar-refractivity contribution is 6.12. The van der Waals surface area contributed by atoms with Crippen LogP contribution in [0.5, 0.6) is 17.2 Å². The number of halogens is 1. The number of ether oxygens (including phenoxy) is 3. The van der Waals surface area contributed by atoms with Crippen molar-refractivity contribution in [2.75, 3.05) is 0 Å². The summed E-state index contributed by atoms with van der Waals surface area (Å²) >= 11 is 0. The van der Waals surface area contributed by atoms with E-state index in [9.17, 15) is 14.0 Å². The normalized spacial score (nSPS) is 17.7. The largest absolute Gasteiger partial charge is 0.485 e. The number of Topliss-reactive ketones (excluding diaryl/α,β-unsaturated/α-hetero) is 1. The summed E-state index contributed by atoms with van der Waals surface area (Å²) in [5.74, 6) is 0.137. The van der Waals surface area contributed by atoms with E-state index in [-0.39, 0.29) is 29.0 Å². The van der Waals surface area contributed by atoms with Crippen LogP contribution in [0.1, 0.15) is 33.2 Å². The van der Waals surface area contributed by atoms with Gasteiger partial charge in [0.15, 0.2) is 5.76 Å². The van der Waals surface area contributed by atoms with Crippen LogP contribution in [0, 0.1) is 5.82 Å². The summed E-state index contributed by atoms with van der Waals surface area (Å²) in [6.07, 6.45) is 3.39. The van der Waals surface area contributed by atoms with Gasteiger partial charge in [-0.05, 0) is 67.1 Å². The second-order valence-electron chi connectivity index (χ2n) is 7.44. The molecule has 0 saturated carbocycles. The molecule has 0 spiro atoms. The summed E-state index contributed by atoms with van der Waals surface area (Å²) in [5, 5.41) is 0. The Morgan fingerprint density at radius 2 is 1.81 bits per heavy atom. The first-order chi connectivity index (χ1) is 15.5. The van der Waals surface area contributed by atoms with Crippen molar-refractivity contribution in [3.63, 3.8) is 0 Å². The van der Waals surface area contributed by atoms with Crippen LogP contribution in [0.4, 0.5) is 4.39 Å². The van der Waals surface area contributed by atoms with E-state index in [2.05, 4.69) is 0 Å². The lowest BCUT2D eigenvalue weighted by Crippen LogP contribution is -2.18. The smallest absolute Gasteiger partial charge is 0.343 e. The third kappa shape index (κ3) is 3.67. The van der Waals surface area contributed by atoms with Crippen LogP contribution in [0.3, 0.4) is 0 Å². The Kier molecular flexibility index (Phi) is 4.82. The highest BCUT2D eigenvalue weighted by atomic mass is 19.1. The van der Waals surface area contributed by atoms with Gasteiger partial charge in [0, 0.05) is 11.6 Å². The minimum absolute atomic E-state index is 0.170. The van der Waals surface area contributed by atoms with E-state index in [1.165, 1.54) is 36.4 Å². The third-order valence-electron chi connectivity index (χ3n) is 5.24. The minimum Gasteiger partial charge on any atom is -0.485 e. The molecule has 0 amide bonds. The van der Waals surface area contributed by atoms with Gasteiger partial charge in [-0.1, -0.05) is 18.2 Å². The third-order valence-corrected chi connectivity index (χ3v) is 5.24. The van der Waals surface area contributed by atoms with Gasteiger partial charge in [0.05, 0.1) is 11.1 Å². The number of carbonyl (C=O) groups is 2. The summed E-state index contributed by atoms with van der Waals surface area (Å²) in [4.78, 5) is 25.1. The predicted octanol–water partition coefficient (Wildman–Crippen LogP) is 5.37. The van der Waals surface area contributed by atoms with Crippen molar-refractivity contribution in [2.45, 2.75) is 13.0 Å². The van der Waals surface area contributed by atoms with E-state index in [0.29, 0.717) is 11.3 Å². The van der Waals surface area contributed by atoms with Crippen LogP contribution >= 0.6 is 0 Å². The predicted molar refractivity (Wildman–Crippen MR) is 115 cm³/mol.